The zero-order valence-corrected chi connectivity index (χ0v) is 44.0. The third-order valence-corrected chi connectivity index (χ3v) is 13.0. The molecule has 81 heavy (non-hydrogen) atoms. The van der Waals surface area contributed by atoms with Gasteiger partial charge in [0.25, 0.3) is 6.26 Å². The van der Waals surface area contributed by atoms with Crippen molar-refractivity contribution in [3.8, 4) is 12.0 Å². The zero-order chi connectivity index (χ0) is 59.4. The van der Waals surface area contributed by atoms with Crippen LogP contribution in [0.4, 0.5) is 117 Å². The molecule has 0 aromatic heterocycles. The van der Waals surface area contributed by atoms with E-state index in [1.54, 1.807) is 24.3 Å². The van der Waals surface area contributed by atoms with E-state index < -0.39 is 47.3 Å². The van der Waals surface area contributed by atoms with Crippen LogP contribution in [0.2, 0.25) is 0 Å². The molecule has 3 aliphatic heterocycles. The van der Waals surface area contributed by atoms with Crippen LogP contribution in [0.3, 0.4) is 0 Å². The van der Waals surface area contributed by atoms with E-state index in [1.165, 1.54) is 36.6 Å². The van der Waals surface area contributed by atoms with E-state index in [0.717, 1.165) is 49.5 Å². The van der Waals surface area contributed by atoms with E-state index in [0.29, 0.717) is 82.6 Å². The molecule has 3 saturated heterocycles. The summed E-state index contributed by atoms with van der Waals surface area (Å²) in [5.41, 5.74) is 22.5. The number of isocyanates is 1. The Labute approximate surface area is 459 Å². The highest BCUT2D eigenvalue weighted by Gasteiger charge is 2.36. The van der Waals surface area contributed by atoms with Gasteiger partial charge in [-0.3, -0.25) is 0 Å². The summed E-state index contributed by atoms with van der Waals surface area (Å²) < 4.78 is 124. The maximum Gasteiger partial charge on any atom is 0.416 e. The van der Waals surface area contributed by atoms with Gasteiger partial charge in [0, 0.05) is 89.9 Å². The van der Waals surface area contributed by atoms with Crippen LogP contribution < -0.4 is 63.6 Å². The average Bonchev–Trinajstić information content (AvgIpc) is 3.52. The number of halogens is 9. The number of nitriles is 1. The van der Waals surface area contributed by atoms with E-state index in [9.17, 15) is 53.9 Å². The molecule has 4 amide bonds. The van der Waals surface area contributed by atoms with Crippen molar-refractivity contribution in [2.24, 2.45) is 4.99 Å². The highest BCUT2D eigenvalue weighted by Crippen LogP contribution is 2.43. The minimum absolute atomic E-state index is 0.0804. The molecule has 12 N–H and O–H groups in total. The molecule has 434 valence electrons. The van der Waals surface area contributed by atoms with E-state index in [-0.39, 0.29) is 56.9 Å². The molecule has 5 aromatic carbocycles. The van der Waals surface area contributed by atoms with Gasteiger partial charge in [0.2, 0.25) is 6.08 Å². The van der Waals surface area contributed by atoms with Gasteiger partial charge in [-0.2, -0.15) is 44.5 Å². The number of carbonyl (C=O) groups excluding carboxylic acids is 3. The SMILES string of the molecule is CN1CCN(c2c(N)cc(C(F)(F)F)cc2N)CC1.CN1CCN(c2c(N)cc(C(F)(F)F)cc2NC(=O)Nc2ccc(NC(=O)Nc3cc(C(F)(F)F)cc(N)c3N3CCN(C)CC3)cc2)CC1.N#COc1ccc(N=C=O)cc1. The number of alkyl halides is 9. The van der Waals surface area contributed by atoms with Crippen molar-refractivity contribution in [1.29, 1.82) is 5.26 Å². The third-order valence-electron chi connectivity index (χ3n) is 13.0. The molecule has 3 fully saturated rings. The minimum atomic E-state index is -4.70. The second kappa shape index (κ2) is 26.4. The third kappa shape index (κ3) is 17.1. The van der Waals surface area contributed by atoms with Crippen LogP contribution in [0.25, 0.3) is 0 Å². The zero-order valence-electron chi connectivity index (χ0n) is 44.0. The number of rotatable bonds is 9. The molecular formula is C52H59F9N16O4. The number of piperazine rings is 3. The van der Waals surface area contributed by atoms with E-state index >= 15 is 0 Å². The maximum absolute atomic E-state index is 13.6. The van der Waals surface area contributed by atoms with Crippen molar-refractivity contribution >= 4 is 86.4 Å². The number of likely N-dealkylation sites (N-methyl/N-ethyl adjacent to an activating group) is 3. The van der Waals surface area contributed by atoms with Gasteiger partial charge in [0.15, 0.2) is 0 Å². The highest BCUT2D eigenvalue weighted by molar-refractivity contribution is 6.05. The number of anilines is 11. The lowest BCUT2D eigenvalue weighted by Gasteiger charge is -2.36. The summed E-state index contributed by atoms with van der Waals surface area (Å²) in [4.78, 5) is 50.9. The van der Waals surface area contributed by atoms with Crippen molar-refractivity contribution < 1.29 is 58.6 Å². The first-order valence-corrected chi connectivity index (χ1v) is 24.7. The standard InChI is InChI=1S/C32H38F6N10O2.C12H17F3N4.C8H4N2O2/c1-45-7-11-47(12-8-45)27-23(39)15-19(31(33,34)35)17-25(27)43-29(49)41-21-3-5-22(6-4-21)42-30(50)44-26-18-20(32(36,37)38)16-24(40)28(26)48-13-9-46(2)10-14-48;1-18-2-4-19(5-3-18)11-9(16)6-8(7-10(11)17)12(13,14)15;9-5-12-8-3-1-7(2-4-8)10-6-11/h3-6,15-18H,7-14,39-40H2,1-2H3,(H2,41,43,49)(H2,42,44,50);6-7H,2-5,16-17H2,1H3;1-4H. The van der Waals surface area contributed by atoms with Gasteiger partial charge < -0.3 is 78.3 Å². The molecule has 3 aliphatic rings. The summed E-state index contributed by atoms with van der Waals surface area (Å²) in [6.07, 6.45) is -10.9. The molecule has 29 heteroatoms. The number of urea groups is 2. The van der Waals surface area contributed by atoms with Crippen LogP contribution in [0, 0.1) is 11.5 Å². The molecule has 20 nitrogen and oxygen atoms in total. The Kier molecular flexibility index (Phi) is 20.0. The first-order chi connectivity index (χ1) is 38.1. The fraction of sp³-hybridized carbons (Fsp3) is 0.346. The van der Waals surface area contributed by atoms with Crippen molar-refractivity contribution in [2.45, 2.75) is 18.5 Å². The lowest BCUT2D eigenvalue weighted by Crippen LogP contribution is -2.45. The van der Waals surface area contributed by atoms with Crippen LogP contribution in [-0.2, 0) is 23.3 Å². The number of ether oxygens (including phenoxy) is 1. The smallest absolute Gasteiger partial charge is 0.397 e. The number of carbonyl (C=O) groups is 2. The first-order valence-electron chi connectivity index (χ1n) is 24.7. The minimum Gasteiger partial charge on any atom is -0.397 e. The fourth-order valence-corrected chi connectivity index (χ4v) is 8.74. The molecular weight excluding hydrogens is 1080 g/mol. The molecule has 5 aromatic rings. The Balaban J connectivity index is 0.000000275. The van der Waals surface area contributed by atoms with Crippen molar-refractivity contribution in [1.82, 2.24) is 14.7 Å². The molecule has 0 aliphatic carbocycles. The number of nitrogens with zero attached hydrogens (tertiary/aromatic N) is 8. The molecule has 3 heterocycles. The Morgan fingerprint density at radius 3 is 1.11 bits per heavy atom. The number of aliphatic imine (C=N–C) groups is 1. The van der Waals surface area contributed by atoms with Gasteiger partial charge in [0.05, 0.1) is 73.6 Å². The summed E-state index contributed by atoms with van der Waals surface area (Å²) in [6.45, 7) is 7.63. The summed E-state index contributed by atoms with van der Waals surface area (Å²) in [6, 6.07) is 15.5. The molecule has 8 rings (SSSR count). The monoisotopic (exact) mass is 1140 g/mol. The van der Waals surface area contributed by atoms with Gasteiger partial charge in [-0.15, -0.1) is 5.26 Å². The molecule has 0 saturated carbocycles. The summed E-state index contributed by atoms with van der Waals surface area (Å²) in [7, 11) is 5.84. The largest absolute Gasteiger partial charge is 0.416 e. The summed E-state index contributed by atoms with van der Waals surface area (Å²) in [5.74, 6) is 0.419. The number of nitrogen functional groups attached to an aromatic ring is 4. The molecule has 0 radical (unpaired) electrons. The van der Waals surface area contributed by atoms with Gasteiger partial charge in [-0.1, -0.05) is 0 Å². The second-order valence-electron chi connectivity index (χ2n) is 18.9. The Morgan fingerprint density at radius 1 is 0.494 bits per heavy atom. The van der Waals surface area contributed by atoms with Crippen LogP contribution in [0.1, 0.15) is 16.7 Å². The van der Waals surface area contributed by atoms with Gasteiger partial charge >= 0.3 is 30.6 Å². The van der Waals surface area contributed by atoms with Crippen LogP contribution in [-0.4, -0.2) is 133 Å². The van der Waals surface area contributed by atoms with E-state index in [4.69, 9.17) is 28.2 Å². The van der Waals surface area contributed by atoms with Crippen LogP contribution in [0.15, 0.2) is 89.9 Å². The Hall–Kier alpha value is -8.84. The summed E-state index contributed by atoms with van der Waals surface area (Å²) >= 11 is 0. The molecule has 0 atom stereocenters. The van der Waals surface area contributed by atoms with Gasteiger partial charge in [0.1, 0.15) is 5.75 Å². The average molecular weight is 1140 g/mol. The van der Waals surface area contributed by atoms with Crippen molar-refractivity contribution in [3.63, 3.8) is 0 Å². The number of nitrogens with two attached hydrogens (primary N) is 4. The normalized spacial score (nSPS) is 15.4. The predicted octanol–water partition coefficient (Wildman–Crippen LogP) is 8.82. The van der Waals surface area contributed by atoms with E-state index in [1.807, 2.05) is 35.8 Å². The van der Waals surface area contributed by atoms with Gasteiger partial charge in [-0.05, 0) is 106 Å². The Morgan fingerprint density at radius 2 is 0.802 bits per heavy atom. The lowest BCUT2D eigenvalue weighted by molar-refractivity contribution is -0.138. The number of amides is 4. The topological polar surface area (TPSA) is 268 Å². The number of hydrogen-bond donors (Lipinski definition) is 8. The van der Waals surface area contributed by atoms with Gasteiger partial charge in [-0.25, -0.2) is 14.4 Å². The van der Waals surface area contributed by atoms with Crippen LogP contribution >= 0.6 is 0 Å². The fourth-order valence-electron chi connectivity index (χ4n) is 8.74. The van der Waals surface area contributed by atoms with E-state index in [2.05, 4.69) is 45.7 Å². The molecule has 0 unspecified atom stereocenters. The predicted molar refractivity (Wildman–Crippen MR) is 293 cm³/mol. The quantitative estimate of drug-likeness (QED) is 0.0225. The highest BCUT2D eigenvalue weighted by atomic mass is 19.4. The number of hydrogen-bond acceptors (Lipinski definition) is 16. The maximum atomic E-state index is 13.6. The molecule has 0 spiro atoms. The Bertz CT molecular complexity index is 2930. The number of nitrogens with one attached hydrogen (secondary N) is 4. The van der Waals surface area contributed by atoms with Crippen molar-refractivity contribution in [2.75, 3.05) is 159 Å². The first kappa shape index (κ1) is 61.4. The molecule has 0 bridgehead atoms. The number of benzene rings is 5. The van der Waals surface area contributed by atoms with Crippen molar-refractivity contribution in [3.05, 3.63) is 102 Å². The second-order valence-corrected chi connectivity index (χ2v) is 18.9. The summed E-state index contributed by atoms with van der Waals surface area (Å²) in [5, 5.41) is 18.2. The van der Waals surface area contributed by atoms with Crippen LogP contribution in [0.5, 0.6) is 5.75 Å². The lowest BCUT2D eigenvalue weighted by atomic mass is 10.1.